The van der Waals surface area contributed by atoms with E-state index in [1.807, 2.05) is 37.3 Å². The van der Waals surface area contributed by atoms with E-state index in [1.165, 1.54) is 0 Å². The van der Waals surface area contributed by atoms with Gasteiger partial charge in [-0.25, -0.2) is 4.98 Å². The number of halogens is 1. The molecule has 0 saturated heterocycles. The summed E-state index contributed by atoms with van der Waals surface area (Å²) < 4.78 is 6.59. The second kappa shape index (κ2) is 5.29. The van der Waals surface area contributed by atoms with Crippen LogP contribution in [-0.4, -0.2) is 4.98 Å². The Morgan fingerprint density at radius 3 is 2.82 bits per heavy atom. The number of para-hydroxylation sites is 1. The normalized spacial score (nSPS) is 10.3. The Morgan fingerprint density at radius 1 is 1.35 bits per heavy atom. The molecule has 3 nitrogen and oxygen atoms in total. The number of nitrogens with zero attached hydrogens (tertiary/aromatic N) is 1. The average molecular weight is 293 g/mol. The van der Waals surface area contributed by atoms with Gasteiger partial charge < -0.3 is 10.5 Å². The van der Waals surface area contributed by atoms with Crippen LogP contribution in [0.5, 0.6) is 11.6 Å². The highest BCUT2D eigenvalue weighted by molar-refractivity contribution is 9.10. The molecule has 0 aliphatic rings. The summed E-state index contributed by atoms with van der Waals surface area (Å²) in [6, 6.07) is 9.64. The molecule has 0 aliphatic heterocycles. The fraction of sp³-hybridized carbons (Fsp3) is 0.154. The Morgan fingerprint density at radius 2 is 2.12 bits per heavy atom. The van der Waals surface area contributed by atoms with E-state index in [9.17, 15) is 0 Å². The van der Waals surface area contributed by atoms with E-state index in [2.05, 4.69) is 20.9 Å². The Hall–Kier alpha value is -1.39. The fourth-order valence-electron chi connectivity index (χ4n) is 1.47. The van der Waals surface area contributed by atoms with Crippen LogP contribution in [0.4, 0.5) is 0 Å². The number of aromatic nitrogens is 1. The van der Waals surface area contributed by atoms with E-state index in [1.54, 1.807) is 6.20 Å². The first-order valence-corrected chi connectivity index (χ1v) is 6.08. The van der Waals surface area contributed by atoms with Crippen LogP contribution in [0, 0.1) is 6.92 Å². The standard InChI is InChI=1S/C13H13BrN2O/c1-9-6-11(14)13(16-8-9)17-12-5-3-2-4-10(12)7-15/h2-6,8H,7,15H2,1H3. The van der Waals surface area contributed by atoms with Gasteiger partial charge >= 0.3 is 0 Å². The fourth-order valence-corrected chi connectivity index (χ4v) is 2.02. The Bertz CT molecular complexity index is 529. The lowest BCUT2D eigenvalue weighted by atomic mass is 10.2. The smallest absolute Gasteiger partial charge is 0.233 e. The van der Waals surface area contributed by atoms with Gasteiger partial charge in [-0.1, -0.05) is 18.2 Å². The summed E-state index contributed by atoms with van der Waals surface area (Å²) >= 11 is 3.43. The second-order valence-electron chi connectivity index (χ2n) is 3.71. The molecule has 1 aromatic carbocycles. The van der Waals surface area contributed by atoms with Crippen LogP contribution in [0.1, 0.15) is 11.1 Å². The lowest BCUT2D eigenvalue weighted by Crippen LogP contribution is -2.00. The van der Waals surface area contributed by atoms with Crippen LogP contribution in [0.2, 0.25) is 0 Å². The van der Waals surface area contributed by atoms with Gasteiger partial charge in [-0.15, -0.1) is 0 Å². The molecule has 1 aromatic heterocycles. The summed E-state index contributed by atoms with van der Waals surface area (Å²) in [5.41, 5.74) is 7.69. The number of aryl methyl sites for hydroxylation is 1. The summed E-state index contributed by atoms with van der Waals surface area (Å²) in [7, 11) is 0. The van der Waals surface area contributed by atoms with E-state index in [-0.39, 0.29) is 0 Å². The molecular weight excluding hydrogens is 280 g/mol. The van der Waals surface area contributed by atoms with E-state index in [0.29, 0.717) is 12.4 Å². The predicted molar refractivity (Wildman–Crippen MR) is 71.1 cm³/mol. The van der Waals surface area contributed by atoms with E-state index in [4.69, 9.17) is 10.5 Å². The van der Waals surface area contributed by atoms with E-state index < -0.39 is 0 Å². The van der Waals surface area contributed by atoms with Gasteiger partial charge in [0.1, 0.15) is 5.75 Å². The molecule has 2 rings (SSSR count). The van der Waals surface area contributed by atoms with Gasteiger partial charge in [-0.2, -0.15) is 0 Å². The molecular formula is C13H13BrN2O. The molecule has 4 heteroatoms. The van der Waals surface area contributed by atoms with Crippen molar-refractivity contribution in [1.29, 1.82) is 0 Å². The summed E-state index contributed by atoms with van der Waals surface area (Å²) in [5.74, 6) is 1.29. The van der Waals surface area contributed by atoms with Gasteiger partial charge in [0.25, 0.3) is 0 Å². The average Bonchev–Trinajstić information content (AvgIpc) is 2.33. The van der Waals surface area contributed by atoms with Gasteiger partial charge in [0.05, 0.1) is 4.47 Å². The van der Waals surface area contributed by atoms with Gasteiger partial charge in [0.2, 0.25) is 5.88 Å². The molecule has 0 atom stereocenters. The Balaban J connectivity index is 2.31. The Kier molecular flexibility index (Phi) is 3.76. The monoisotopic (exact) mass is 292 g/mol. The highest BCUT2D eigenvalue weighted by Crippen LogP contribution is 2.29. The molecule has 0 saturated carbocycles. The number of ether oxygens (including phenoxy) is 1. The molecule has 0 fully saturated rings. The topological polar surface area (TPSA) is 48.1 Å². The van der Waals surface area contributed by atoms with Crippen molar-refractivity contribution in [3.8, 4) is 11.6 Å². The first-order chi connectivity index (χ1) is 8.20. The molecule has 88 valence electrons. The first-order valence-electron chi connectivity index (χ1n) is 5.28. The van der Waals surface area contributed by atoms with Gasteiger partial charge in [-0.05, 0) is 40.5 Å². The summed E-state index contributed by atoms with van der Waals surface area (Å²) in [4.78, 5) is 4.24. The number of hydrogen-bond acceptors (Lipinski definition) is 3. The lowest BCUT2D eigenvalue weighted by Gasteiger charge is -2.10. The molecule has 0 spiro atoms. The third-order valence-electron chi connectivity index (χ3n) is 2.34. The van der Waals surface area contributed by atoms with Crippen LogP contribution in [0.15, 0.2) is 41.0 Å². The van der Waals surface area contributed by atoms with Gasteiger partial charge in [0, 0.05) is 18.3 Å². The first kappa shape index (κ1) is 12.1. The number of hydrogen-bond donors (Lipinski definition) is 1. The van der Waals surface area contributed by atoms with Crippen LogP contribution in [-0.2, 0) is 6.54 Å². The number of benzene rings is 1. The van der Waals surface area contributed by atoms with Crippen LogP contribution in [0.25, 0.3) is 0 Å². The van der Waals surface area contributed by atoms with Gasteiger partial charge in [0.15, 0.2) is 0 Å². The molecule has 17 heavy (non-hydrogen) atoms. The highest BCUT2D eigenvalue weighted by Gasteiger charge is 2.07. The zero-order valence-corrected chi connectivity index (χ0v) is 11.1. The van der Waals surface area contributed by atoms with Crippen molar-refractivity contribution >= 4 is 15.9 Å². The molecule has 0 amide bonds. The summed E-state index contributed by atoms with van der Waals surface area (Å²) in [5, 5.41) is 0. The largest absolute Gasteiger partial charge is 0.438 e. The quantitative estimate of drug-likeness (QED) is 0.943. The molecule has 0 aliphatic carbocycles. The minimum absolute atomic E-state index is 0.444. The zero-order chi connectivity index (χ0) is 12.3. The second-order valence-corrected chi connectivity index (χ2v) is 4.57. The van der Waals surface area contributed by atoms with Crippen molar-refractivity contribution in [3.05, 3.63) is 52.1 Å². The molecule has 2 N–H and O–H groups in total. The van der Waals surface area contributed by atoms with Crippen molar-refractivity contribution in [3.63, 3.8) is 0 Å². The third kappa shape index (κ3) is 2.84. The predicted octanol–water partition coefficient (Wildman–Crippen LogP) is 3.40. The molecule has 2 aromatic rings. The van der Waals surface area contributed by atoms with Crippen molar-refractivity contribution in [2.24, 2.45) is 5.73 Å². The number of pyridine rings is 1. The van der Waals surface area contributed by atoms with Crippen molar-refractivity contribution in [1.82, 2.24) is 4.98 Å². The maximum absolute atomic E-state index is 5.75. The SMILES string of the molecule is Cc1cnc(Oc2ccccc2CN)c(Br)c1. The van der Waals surface area contributed by atoms with Crippen molar-refractivity contribution in [2.75, 3.05) is 0 Å². The molecule has 1 heterocycles. The van der Waals surface area contributed by atoms with E-state index >= 15 is 0 Å². The van der Waals surface area contributed by atoms with Crippen molar-refractivity contribution < 1.29 is 4.74 Å². The minimum atomic E-state index is 0.444. The molecule has 0 bridgehead atoms. The van der Waals surface area contributed by atoms with E-state index in [0.717, 1.165) is 21.3 Å². The summed E-state index contributed by atoms with van der Waals surface area (Å²) in [6.45, 7) is 2.43. The third-order valence-corrected chi connectivity index (χ3v) is 2.91. The van der Waals surface area contributed by atoms with Crippen molar-refractivity contribution in [2.45, 2.75) is 13.5 Å². The van der Waals surface area contributed by atoms with Crippen LogP contribution < -0.4 is 10.5 Å². The molecule has 0 radical (unpaired) electrons. The summed E-state index contributed by atoms with van der Waals surface area (Å²) in [6.07, 6.45) is 1.77. The highest BCUT2D eigenvalue weighted by atomic mass is 79.9. The maximum Gasteiger partial charge on any atom is 0.233 e. The maximum atomic E-state index is 5.75. The van der Waals surface area contributed by atoms with Crippen LogP contribution >= 0.6 is 15.9 Å². The zero-order valence-electron chi connectivity index (χ0n) is 9.48. The minimum Gasteiger partial charge on any atom is -0.438 e. The Labute approximate surface area is 109 Å². The lowest BCUT2D eigenvalue weighted by molar-refractivity contribution is 0.454. The van der Waals surface area contributed by atoms with Crippen LogP contribution in [0.3, 0.4) is 0 Å². The number of rotatable bonds is 3. The number of nitrogens with two attached hydrogens (primary N) is 1. The van der Waals surface area contributed by atoms with Gasteiger partial charge in [-0.3, -0.25) is 0 Å². The molecule has 0 unspecified atom stereocenters.